The van der Waals surface area contributed by atoms with Gasteiger partial charge in [-0.2, -0.15) is 0 Å². The molecule has 4 unspecified atom stereocenters. The van der Waals surface area contributed by atoms with Crippen LogP contribution in [0.2, 0.25) is 0 Å². The number of fused-ring (bicyclic) bond motifs is 2. The first kappa shape index (κ1) is 9.19. The van der Waals surface area contributed by atoms with E-state index >= 15 is 0 Å². The molecule has 13 heavy (non-hydrogen) atoms. The molecule has 3 N–H and O–H groups in total. The van der Waals surface area contributed by atoms with Gasteiger partial charge in [0.15, 0.2) is 0 Å². The van der Waals surface area contributed by atoms with Crippen molar-refractivity contribution in [2.75, 3.05) is 0 Å². The van der Waals surface area contributed by atoms with Crippen LogP contribution in [0, 0.1) is 5.92 Å². The van der Waals surface area contributed by atoms with Crippen LogP contribution in [0.5, 0.6) is 0 Å². The lowest BCUT2D eigenvalue weighted by Gasteiger charge is -2.28. The average Bonchev–Trinajstić information content (AvgIpc) is 2.65. The topological polar surface area (TPSA) is 47.3 Å². The van der Waals surface area contributed by atoms with Crippen molar-refractivity contribution in [3.63, 3.8) is 0 Å². The minimum absolute atomic E-state index is 0.232. The third kappa shape index (κ3) is 1.52. The Morgan fingerprint density at radius 3 is 2.77 bits per heavy atom. The second kappa shape index (κ2) is 3.40. The van der Waals surface area contributed by atoms with Gasteiger partial charge in [0.05, 0.1) is 12.2 Å². The molecule has 3 heteroatoms. The molecule has 0 radical (unpaired) electrons. The van der Waals surface area contributed by atoms with Gasteiger partial charge in [0.1, 0.15) is 0 Å². The van der Waals surface area contributed by atoms with E-state index in [0.29, 0.717) is 18.1 Å². The zero-order valence-electron chi connectivity index (χ0n) is 8.12. The second-order valence-electron chi connectivity index (χ2n) is 4.26. The molecule has 0 aromatic heterocycles. The summed E-state index contributed by atoms with van der Waals surface area (Å²) in [7, 11) is 0. The molecule has 2 aliphatic rings. The Hall–Kier alpha value is -0.380. The van der Waals surface area contributed by atoms with Gasteiger partial charge < -0.3 is 4.74 Å². The summed E-state index contributed by atoms with van der Waals surface area (Å²) in [6.45, 7) is 5.98. The van der Waals surface area contributed by atoms with E-state index in [1.807, 2.05) is 6.92 Å². The number of nitrogens with two attached hydrogens (primary N) is 1. The molecule has 3 nitrogen and oxygen atoms in total. The molecule has 0 aromatic carbocycles. The van der Waals surface area contributed by atoms with Gasteiger partial charge in [0.25, 0.3) is 0 Å². The number of ether oxygens (including phenoxy) is 1. The van der Waals surface area contributed by atoms with Crippen LogP contribution in [0.25, 0.3) is 0 Å². The predicted octanol–water partition coefficient (Wildman–Crippen LogP) is 0.962. The van der Waals surface area contributed by atoms with Crippen LogP contribution in [0.4, 0.5) is 0 Å². The van der Waals surface area contributed by atoms with E-state index in [4.69, 9.17) is 10.6 Å². The second-order valence-corrected chi connectivity index (χ2v) is 4.26. The van der Waals surface area contributed by atoms with Crippen molar-refractivity contribution in [2.24, 2.45) is 11.8 Å². The van der Waals surface area contributed by atoms with Crippen LogP contribution < -0.4 is 11.3 Å². The van der Waals surface area contributed by atoms with Crippen LogP contribution in [0.15, 0.2) is 12.2 Å². The molecule has 0 amide bonds. The van der Waals surface area contributed by atoms with Crippen molar-refractivity contribution in [2.45, 2.75) is 44.4 Å². The standard InChI is InChI=1S/C10H18N2O/c1-6(2)10(12-11)8-5-7-3-4-9(8)13-7/h7-10,12H,1,3-5,11H2,2H3. The van der Waals surface area contributed by atoms with Gasteiger partial charge in [-0.05, 0) is 26.2 Å². The van der Waals surface area contributed by atoms with Crippen molar-refractivity contribution >= 4 is 0 Å². The minimum Gasteiger partial charge on any atom is -0.375 e. The van der Waals surface area contributed by atoms with E-state index in [1.165, 1.54) is 12.8 Å². The summed E-state index contributed by atoms with van der Waals surface area (Å²) in [5.74, 6) is 6.06. The first-order chi connectivity index (χ1) is 6.22. The van der Waals surface area contributed by atoms with Crippen molar-refractivity contribution < 1.29 is 4.74 Å². The van der Waals surface area contributed by atoms with E-state index < -0.39 is 0 Å². The van der Waals surface area contributed by atoms with Crippen molar-refractivity contribution in [3.8, 4) is 0 Å². The molecule has 0 spiro atoms. The first-order valence-electron chi connectivity index (χ1n) is 4.99. The van der Waals surface area contributed by atoms with Crippen LogP contribution in [-0.2, 0) is 4.74 Å². The maximum Gasteiger partial charge on any atom is 0.0627 e. The largest absolute Gasteiger partial charge is 0.375 e. The highest BCUT2D eigenvalue weighted by Crippen LogP contribution is 2.41. The summed E-state index contributed by atoms with van der Waals surface area (Å²) in [5, 5.41) is 0. The zero-order valence-corrected chi connectivity index (χ0v) is 8.12. The third-order valence-electron chi connectivity index (χ3n) is 3.29. The van der Waals surface area contributed by atoms with Crippen molar-refractivity contribution in [1.82, 2.24) is 5.43 Å². The fraction of sp³-hybridized carbons (Fsp3) is 0.800. The normalized spacial score (nSPS) is 39.4. The summed E-state index contributed by atoms with van der Waals surface area (Å²) in [5.41, 5.74) is 3.96. The van der Waals surface area contributed by atoms with Gasteiger partial charge in [0.2, 0.25) is 0 Å². The number of hydrogen-bond acceptors (Lipinski definition) is 3. The summed E-state index contributed by atoms with van der Waals surface area (Å²) in [4.78, 5) is 0. The fourth-order valence-electron chi connectivity index (χ4n) is 2.66. The lowest BCUT2D eigenvalue weighted by atomic mass is 9.82. The number of hydrazine groups is 1. The quantitative estimate of drug-likeness (QED) is 0.388. The summed E-state index contributed by atoms with van der Waals surface area (Å²) >= 11 is 0. The highest BCUT2D eigenvalue weighted by atomic mass is 16.5. The molecule has 2 heterocycles. The molecule has 2 rings (SSSR count). The van der Waals surface area contributed by atoms with Crippen molar-refractivity contribution in [3.05, 3.63) is 12.2 Å². The van der Waals surface area contributed by atoms with E-state index in [-0.39, 0.29) is 6.04 Å². The minimum atomic E-state index is 0.232. The maximum atomic E-state index is 5.78. The Kier molecular flexibility index (Phi) is 2.41. The molecular weight excluding hydrogens is 164 g/mol. The average molecular weight is 182 g/mol. The predicted molar refractivity (Wildman–Crippen MR) is 51.9 cm³/mol. The Morgan fingerprint density at radius 1 is 1.62 bits per heavy atom. The van der Waals surface area contributed by atoms with Gasteiger partial charge in [-0.25, -0.2) is 0 Å². The third-order valence-corrected chi connectivity index (χ3v) is 3.29. The van der Waals surface area contributed by atoms with Gasteiger partial charge in [-0.1, -0.05) is 12.2 Å². The smallest absolute Gasteiger partial charge is 0.0627 e. The molecule has 74 valence electrons. The summed E-state index contributed by atoms with van der Waals surface area (Å²) in [6, 6.07) is 0.232. The Bertz CT molecular complexity index is 217. The highest BCUT2D eigenvalue weighted by molar-refractivity contribution is 5.08. The van der Waals surface area contributed by atoms with Gasteiger partial charge >= 0.3 is 0 Å². The van der Waals surface area contributed by atoms with Crippen LogP contribution in [0.3, 0.4) is 0 Å². The van der Waals surface area contributed by atoms with E-state index in [0.717, 1.165) is 12.0 Å². The molecule has 0 aromatic rings. The fourth-order valence-corrected chi connectivity index (χ4v) is 2.66. The number of nitrogens with one attached hydrogen (secondary N) is 1. The molecule has 4 atom stereocenters. The van der Waals surface area contributed by atoms with Gasteiger partial charge in [0, 0.05) is 12.0 Å². The molecule has 2 saturated heterocycles. The van der Waals surface area contributed by atoms with Crippen molar-refractivity contribution in [1.29, 1.82) is 0 Å². The van der Waals surface area contributed by atoms with Crippen LogP contribution in [-0.4, -0.2) is 18.2 Å². The number of hydrogen-bond donors (Lipinski definition) is 2. The first-order valence-corrected chi connectivity index (χ1v) is 4.99. The Morgan fingerprint density at radius 2 is 2.38 bits per heavy atom. The lowest BCUT2D eigenvalue weighted by Crippen LogP contribution is -2.44. The monoisotopic (exact) mass is 182 g/mol. The van der Waals surface area contributed by atoms with E-state index in [9.17, 15) is 0 Å². The summed E-state index contributed by atoms with van der Waals surface area (Å²) in [6.07, 6.45) is 4.48. The molecule has 2 bridgehead atoms. The van der Waals surface area contributed by atoms with Crippen LogP contribution in [0.1, 0.15) is 26.2 Å². The Balaban J connectivity index is 2.04. The van der Waals surface area contributed by atoms with E-state index in [1.54, 1.807) is 0 Å². The SMILES string of the molecule is C=C(C)C(NN)C1CC2CCC1O2. The molecule has 0 saturated carbocycles. The molecular formula is C10H18N2O. The molecule has 2 aliphatic heterocycles. The van der Waals surface area contributed by atoms with Gasteiger partial charge in [-0.3, -0.25) is 11.3 Å². The highest BCUT2D eigenvalue weighted by Gasteiger charge is 2.44. The Labute approximate surface area is 79.3 Å². The molecule has 0 aliphatic carbocycles. The zero-order chi connectivity index (χ0) is 9.42. The van der Waals surface area contributed by atoms with E-state index in [2.05, 4.69) is 12.0 Å². The molecule has 2 fully saturated rings. The lowest BCUT2D eigenvalue weighted by molar-refractivity contribution is 0.0881. The maximum absolute atomic E-state index is 5.78. The van der Waals surface area contributed by atoms with Gasteiger partial charge in [-0.15, -0.1) is 0 Å². The summed E-state index contributed by atoms with van der Waals surface area (Å²) < 4.78 is 5.78. The van der Waals surface area contributed by atoms with Crippen LogP contribution >= 0.6 is 0 Å². The number of rotatable bonds is 3.